The van der Waals surface area contributed by atoms with Gasteiger partial charge in [-0.05, 0) is 43.2 Å². The number of ether oxygens (including phenoxy) is 3. The monoisotopic (exact) mass is 408 g/mol. The van der Waals surface area contributed by atoms with Crippen LogP contribution in [0.15, 0.2) is 42.5 Å². The van der Waals surface area contributed by atoms with Crippen LogP contribution in [-0.2, 0) is 4.79 Å². The van der Waals surface area contributed by atoms with E-state index in [9.17, 15) is 4.79 Å². The highest BCUT2D eigenvalue weighted by Crippen LogP contribution is 2.40. The maximum atomic E-state index is 12.2. The van der Waals surface area contributed by atoms with E-state index in [0.29, 0.717) is 30.2 Å². The van der Waals surface area contributed by atoms with E-state index in [-0.39, 0.29) is 18.3 Å². The molecule has 2 rings (SSSR count). The molecule has 2 N–H and O–H groups in total. The van der Waals surface area contributed by atoms with Crippen molar-refractivity contribution in [1.29, 1.82) is 0 Å². The molecule has 1 atom stereocenters. The normalized spacial score (nSPS) is 11.1. The lowest BCUT2D eigenvalue weighted by molar-refractivity contribution is -0.119. The maximum absolute atomic E-state index is 12.2. The number of rotatable bonds is 10. The molecule has 0 saturated heterocycles. The summed E-state index contributed by atoms with van der Waals surface area (Å²) >= 11 is 0. The Kier molecular flexibility index (Phi) is 9.45. The molecule has 1 amide bonds. The molecule has 0 fully saturated rings. The van der Waals surface area contributed by atoms with E-state index in [0.717, 1.165) is 17.8 Å². The van der Waals surface area contributed by atoms with E-state index >= 15 is 0 Å². The second kappa shape index (κ2) is 11.3. The number of anilines is 1. The molecule has 1 unspecified atom stereocenters. The van der Waals surface area contributed by atoms with Crippen molar-refractivity contribution >= 4 is 24.0 Å². The van der Waals surface area contributed by atoms with Crippen molar-refractivity contribution in [3.63, 3.8) is 0 Å². The first-order chi connectivity index (χ1) is 13.0. The molecule has 0 aliphatic rings. The van der Waals surface area contributed by atoms with Crippen LogP contribution in [0.4, 0.5) is 5.69 Å². The molecular formula is C21H29ClN2O4. The van der Waals surface area contributed by atoms with Crippen molar-refractivity contribution in [2.75, 3.05) is 39.3 Å². The van der Waals surface area contributed by atoms with Crippen molar-refractivity contribution in [3.05, 3.63) is 48.0 Å². The third-order valence-corrected chi connectivity index (χ3v) is 4.62. The largest absolute Gasteiger partial charge is 0.493 e. The van der Waals surface area contributed by atoms with Gasteiger partial charge in [-0.1, -0.05) is 18.2 Å². The van der Waals surface area contributed by atoms with Crippen LogP contribution >= 0.6 is 12.4 Å². The fourth-order valence-corrected chi connectivity index (χ4v) is 3.17. The summed E-state index contributed by atoms with van der Waals surface area (Å²) in [7, 11) is 4.65. The molecule has 2 aromatic carbocycles. The number of hydrogen-bond donors (Lipinski definition) is 1. The first-order valence-corrected chi connectivity index (χ1v) is 8.94. The Morgan fingerprint density at radius 1 is 1.04 bits per heavy atom. The van der Waals surface area contributed by atoms with E-state index in [4.69, 9.17) is 19.9 Å². The Morgan fingerprint density at radius 2 is 1.61 bits per heavy atom. The maximum Gasteiger partial charge on any atom is 0.225 e. The molecular weight excluding hydrogens is 380 g/mol. The number of halogens is 1. The van der Waals surface area contributed by atoms with Crippen molar-refractivity contribution in [2.24, 2.45) is 5.73 Å². The Labute approximate surface area is 173 Å². The van der Waals surface area contributed by atoms with Crippen LogP contribution in [0, 0.1) is 0 Å². The van der Waals surface area contributed by atoms with E-state index < -0.39 is 5.92 Å². The zero-order valence-corrected chi connectivity index (χ0v) is 17.6. The third kappa shape index (κ3) is 5.45. The predicted molar refractivity (Wildman–Crippen MR) is 114 cm³/mol. The number of para-hydroxylation sites is 1. The van der Waals surface area contributed by atoms with E-state index in [2.05, 4.69) is 24.0 Å². The van der Waals surface area contributed by atoms with Gasteiger partial charge in [0.2, 0.25) is 11.7 Å². The molecule has 28 heavy (non-hydrogen) atoms. The minimum atomic E-state index is -0.462. The summed E-state index contributed by atoms with van der Waals surface area (Å²) in [6.45, 7) is 3.63. The standard InChI is InChI=1S/C21H28N2O4.ClH/c1-5-23(16-9-7-6-8-10-16)12-11-17(21(22)24)15-13-18(25-2)20(27-4)19(14-15)26-3;/h6-10,13-14,17H,5,11-12H2,1-4H3,(H2,22,24);1H. The number of primary amides is 1. The summed E-state index contributed by atoms with van der Waals surface area (Å²) in [5.74, 6) is 0.665. The molecule has 6 nitrogen and oxygen atoms in total. The van der Waals surface area contributed by atoms with Crippen LogP contribution in [0.5, 0.6) is 17.2 Å². The van der Waals surface area contributed by atoms with Crippen LogP contribution < -0.4 is 24.8 Å². The van der Waals surface area contributed by atoms with Gasteiger partial charge in [-0.15, -0.1) is 12.4 Å². The highest BCUT2D eigenvalue weighted by atomic mass is 35.5. The first kappa shape index (κ1) is 23.4. The van der Waals surface area contributed by atoms with E-state index in [1.54, 1.807) is 33.5 Å². The predicted octanol–water partition coefficient (Wildman–Crippen LogP) is 3.62. The Balaban J connectivity index is 0.00000392. The fourth-order valence-electron chi connectivity index (χ4n) is 3.17. The third-order valence-electron chi connectivity index (χ3n) is 4.62. The summed E-state index contributed by atoms with van der Waals surface area (Å²) < 4.78 is 16.1. The van der Waals surface area contributed by atoms with Gasteiger partial charge in [0.25, 0.3) is 0 Å². The molecule has 0 bridgehead atoms. The number of hydrogen-bond acceptors (Lipinski definition) is 5. The van der Waals surface area contributed by atoms with Gasteiger partial charge in [0.15, 0.2) is 11.5 Å². The zero-order chi connectivity index (χ0) is 19.8. The van der Waals surface area contributed by atoms with Crippen molar-refractivity contribution in [3.8, 4) is 17.2 Å². The number of carbonyl (C=O) groups excluding carboxylic acids is 1. The average molecular weight is 409 g/mol. The summed E-state index contributed by atoms with van der Waals surface area (Å²) in [6, 6.07) is 13.7. The average Bonchev–Trinajstić information content (AvgIpc) is 2.70. The van der Waals surface area contributed by atoms with Crippen molar-refractivity contribution in [1.82, 2.24) is 0 Å². The second-order valence-corrected chi connectivity index (χ2v) is 6.12. The van der Waals surface area contributed by atoms with Gasteiger partial charge in [0, 0.05) is 18.8 Å². The van der Waals surface area contributed by atoms with Crippen LogP contribution in [0.1, 0.15) is 24.8 Å². The lowest BCUT2D eigenvalue weighted by Gasteiger charge is -2.25. The molecule has 7 heteroatoms. The minimum Gasteiger partial charge on any atom is -0.493 e. The van der Waals surface area contributed by atoms with E-state index in [1.807, 2.05) is 18.2 Å². The van der Waals surface area contributed by atoms with Crippen LogP contribution in [0.3, 0.4) is 0 Å². The summed E-state index contributed by atoms with van der Waals surface area (Å²) in [5, 5.41) is 0. The lowest BCUT2D eigenvalue weighted by atomic mass is 9.94. The lowest BCUT2D eigenvalue weighted by Crippen LogP contribution is -2.29. The molecule has 0 aliphatic carbocycles. The van der Waals surface area contributed by atoms with Gasteiger partial charge in [-0.2, -0.15) is 0 Å². The number of nitrogens with two attached hydrogens (primary N) is 1. The molecule has 154 valence electrons. The Morgan fingerprint density at radius 3 is 2.04 bits per heavy atom. The molecule has 0 radical (unpaired) electrons. The van der Waals surface area contributed by atoms with Gasteiger partial charge < -0.3 is 24.8 Å². The van der Waals surface area contributed by atoms with E-state index in [1.165, 1.54) is 0 Å². The second-order valence-electron chi connectivity index (χ2n) is 6.12. The number of methoxy groups -OCH3 is 3. The van der Waals surface area contributed by atoms with Gasteiger partial charge in [-0.3, -0.25) is 4.79 Å². The summed E-state index contributed by atoms with van der Waals surface area (Å²) in [5.41, 5.74) is 7.59. The van der Waals surface area contributed by atoms with Crippen molar-refractivity contribution in [2.45, 2.75) is 19.3 Å². The van der Waals surface area contributed by atoms with Crippen molar-refractivity contribution < 1.29 is 19.0 Å². The SMILES string of the molecule is CCN(CCC(C(N)=O)c1cc(OC)c(OC)c(OC)c1)c1ccccc1.Cl. The summed E-state index contributed by atoms with van der Waals surface area (Å²) in [4.78, 5) is 14.4. The summed E-state index contributed by atoms with van der Waals surface area (Å²) in [6.07, 6.45) is 0.580. The highest BCUT2D eigenvalue weighted by molar-refractivity contribution is 5.85. The Bertz CT molecular complexity index is 730. The Hall–Kier alpha value is -2.60. The van der Waals surface area contributed by atoms with Crippen LogP contribution in [0.2, 0.25) is 0 Å². The molecule has 0 spiro atoms. The van der Waals surface area contributed by atoms with Gasteiger partial charge in [0.1, 0.15) is 0 Å². The number of nitrogens with zero attached hydrogens (tertiary/aromatic N) is 1. The number of amides is 1. The molecule has 2 aromatic rings. The van der Waals surface area contributed by atoms with Crippen LogP contribution in [-0.4, -0.2) is 40.3 Å². The first-order valence-electron chi connectivity index (χ1n) is 8.94. The van der Waals surface area contributed by atoms with Gasteiger partial charge >= 0.3 is 0 Å². The zero-order valence-electron chi connectivity index (χ0n) is 16.8. The topological polar surface area (TPSA) is 74.0 Å². The highest BCUT2D eigenvalue weighted by Gasteiger charge is 2.23. The quantitative estimate of drug-likeness (QED) is 0.649. The molecule has 0 saturated carbocycles. The van der Waals surface area contributed by atoms with Gasteiger partial charge in [0.05, 0.1) is 27.2 Å². The number of carbonyl (C=O) groups is 1. The fraction of sp³-hybridized carbons (Fsp3) is 0.381. The van der Waals surface area contributed by atoms with Gasteiger partial charge in [-0.25, -0.2) is 0 Å². The molecule has 0 heterocycles. The smallest absolute Gasteiger partial charge is 0.225 e. The number of benzene rings is 2. The minimum absolute atomic E-state index is 0. The molecule has 0 aliphatic heterocycles. The molecule has 0 aromatic heterocycles. The van der Waals surface area contributed by atoms with Crippen LogP contribution in [0.25, 0.3) is 0 Å².